The van der Waals surface area contributed by atoms with Gasteiger partial charge in [-0.1, -0.05) is 73.8 Å². The Bertz CT molecular complexity index is 2050. The van der Waals surface area contributed by atoms with Crippen molar-refractivity contribution in [2.75, 3.05) is 64.0 Å². The van der Waals surface area contributed by atoms with Gasteiger partial charge in [0.1, 0.15) is 22.9 Å². The number of aromatic amines is 2. The number of benzene rings is 2. The second-order valence-corrected chi connectivity index (χ2v) is 12.4. The molecule has 0 saturated carbocycles. The Morgan fingerprint density at radius 2 is 1.31 bits per heavy atom. The number of hydrogen-bond acceptors (Lipinski definition) is 10. The quantitative estimate of drug-likeness (QED) is 0.0549. The first-order chi connectivity index (χ1) is 25.0. The topological polar surface area (TPSA) is 147 Å². The summed E-state index contributed by atoms with van der Waals surface area (Å²) in [6, 6.07) is 24.5. The molecule has 51 heavy (non-hydrogen) atoms. The molecule has 2 aromatic carbocycles. The summed E-state index contributed by atoms with van der Waals surface area (Å²) in [7, 11) is 3.88. The first-order valence-corrected chi connectivity index (χ1v) is 17.5. The number of aromatic nitrogens is 6. The fraction of sp³-hybridized carbons (Fsp3) is 0.282. The minimum Gasteiger partial charge on any atom is -0.389 e. The van der Waals surface area contributed by atoms with Crippen LogP contribution in [0.1, 0.15) is 18.3 Å². The number of H-pyrrole nitrogens is 2. The summed E-state index contributed by atoms with van der Waals surface area (Å²) in [6.07, 6.45) is 2.47. The number of fused-ring (bicyclic) bond motifs is 2. The van der Waals surface area contributed by atoms with Crippen LogP contribution >= 0.6 is 0 Å². The summed E-state index contributed by atoms with van der Waals surface area (Å²) >= 11 is 0. The van der Waals surface area contributed by atoms with Crippen LogP contribution in [-0.4, -0.2) is 94.2 Å². The smallest absolute Gasteiger partial charge is 0.163 e. The summed E-state index contributed by atoms with van der Waals surface area (Å²) in [5.41, 5.74) is 6.30. The van der Waals surface area contributed by atoms with E-state index in [1.54, 1.807) is 6.20 Å². The highest BCUT2D eigenvalue weighted by Crippen LogP contribution is 2.30. The zero-order chi connectivity index (χ0) is 35.6. The molecule has 12 heteroatoms. The van der Waals surface area contributed by atoms with E-state index in [0.29, 0.717) is 24.7 Å². The Morgan fingerprint density at radius 3 is 1.86 bits per heavy atom. The van der Waals surface area contributed by atoms with Gasteiger partial charge in [-0.05, 0) is 39.4 Å². The first kappa shape index (κ1) is 35.1. The molecule has 0 saturated heterocycles. The molecular formula is C39H48N12. The van der Waals surface area contributed by atoms with Crippen molar-refractivity contribution >= 4 is 39.4 Å². The number of nitrogens with zero attached hydrogens (tertiary/aromatic N) is 5. The minimum absolute atomic E-state index is 0.105. The zero-order valence-electron chi connectivity index (χ0n) is 29.7. The van der Waals surface area contributed by atoms with Gasteiger partial charge in [-0.2, -0.15) is 0 Å². The van der Waals surface area contributed by atoms with Gasteiger partial charge in [0, 0.05) is 68.6 Å². The molecule has 4 aromatic heterocycles. The Hall–Kier alpha value is -5.72. The van der Waals surface area contributed by atoms with Crippen LogP contribution < -0.4 is 26.6 Å². The predicted octanol–water partition coefficient (Wildman–Crippen LogP) is 5.46. The molecule has 6 rings (SSSR count). The van der Waals surface area contributed by atoms with Crippen LogP contribution in [0.4, 0.5) is 11.6 Å². The van der Waals surface area contributed by atoms with Crippen molar-refractivity contribution in [3.8, 4) is 22.8 Å². The first-order valence-electron chi connectivity index (χ1n) is 17.5. The fourth-order valence-electron chi connectivity index (χ4n) is 6.06. The lowest BCUT2D eigenvalue weighted by Gasteiger charge is -2.32. The van der Waals surface area contributed by atoms with Gasteiger partial charge in [-0.15, -0.1) is 0 Å². The number of likely N-dealkylation sites (N-methyl/N-ethyl adjacent to an activating group) is 2. The van der Waals surface area contributed by atoms with E-state index in [-0.39, 0.29) is 6.04 Å². The molecule has 4 heterocycles. The summed E-state index contributed by atoms with van der Waals surface area (Å²) in [6.45, 7) is 15.2. The van der Waals surface area contributed by atoms with Gasteiger partial charge >= 0.3 is 0 Å². The molecule has 0 bridgehead atoms. The molecule has 0 fully saturated rings. The molecule has 0 radical (unpaired) electrons. The third kappa shape index (κ3) is 8.36. The van der Waals surface area contributed by atoms with E-state index in [9.17, 15) is 0 Å². The molecule has 264 valence electrons. The summed E-state index contributed by atoms with van der Waals surface area (Å²) < 4.78 is 0. The molecule has 0 aliphatic heterocycles. The van der Waals surface area contributed by atoms with Gasteiger partial charge in [0.15, 0.2) is 11.6 Å². The Morgan fingerprint density at radius 1 is 0.765 bits per heavy atom. The van der Waals surface area contributed by atoms with Crippen molar-refractivity contribution in [1.29, 1.82) is 0 Å². The summed E-state index contributed by atoms with van der Waals surface area (Å²) in [4.78, 5) is 29.2. The molecule has 1 unspecified atom stereocenters. The van der Waals surface area contributed by atoms with Crippen LogP contribution in [0, 0.1) is 0 Å². The van der Waals surface area contributed by atoms with Crippen molar-refractivity contribution in [2.24, 2.45) is 0 Å². The Balaban J connectivity index is 1.30. The second-order valence-electron chi connectivity index (χ2n) is 12.4. The average Bonchev–Trinajstić information content (AvgIpc) is 3.79. The number of nitrogens with one attached hydrogen (secondary N) is 7. The lowest BCUT2D eigenvalue weighted by atomic mass is 10.1. The van der Waals surface area contributed by atoms with E-state index < -0.39 is 0 Å². The maximum atomic E-state index is 4.94. The third-order valence-electron chi connectivity index (χ3n) is 8.80. The highest BCUT2D eigenvalue weighted by Gasteiger charge is 2.21. The monoisotopic (exact) mass is 684 g/mol. The Labute approximate surface area is 299 Å². The van der Waals surface area contributed by atoms with Crippen molar-refractivity contribution in [2.45, 2.75) is 19.4 Å². The van der Waals surface area contributed by atoms with Crippen molar-refractivity contribution < 1.29 is 0 Å². The van der Waals surface area contributed by atoms with Gasteiger partial charge in [0.2, 0.25) is 0 Å². The van der Waals surface area contributed by atoms with Gasteiger partial charge in [-0.25, -0.2) is 19.9 Å². The molecule has 0 aliphatic rings. The normalized spacial score (nSPS) is 11.8. The van der Waals surface area contributed by atoms with Gasteiger partial charge in [0.25, 0.3) is 0 Å². The Kier molecular flexibility index (Phi) is 11.6. The lowest BCUT2D eigenvalue weighted by Crippen LogP contribution is -2.39. The zero-order valence-corrected chi connectivity index (χ0v) is 29.7. The summed E-state index contributed by atoms with van der Waals surface area (Å²) in [5, 5.41) is 18.6. The predicted molar refractivity (Wildman–Crippen MR) is 211 cm³/mol. The average molecular weight is 685 g/mol. The molecule has 7 N–H and O–H groups in total. The largest absolute Gasteiger partial charge is 0.389 e. The minimum atomic E-state index is 0.105. The molecule has 1 atom stereocenters. The van der Waals surface area contributed by atoms with Crippen LogP contribution in [0.3, 0.4) is 0 Å². The lowest BCUT2D eigenvalue weighted by molar-refractivity contribution is 0.310. The highest BCUT2D eigenvalue weighted by molar-refractivity contribution is 5.92. The maximum absolute atomic E-state index is 4.94. The van der Waals surface area contributed by atoms with Crippen molar-refractivity contribution in [3.63, 3.8) is 0 Å². The van der Waals surface area contributed by atoms with Gasteiger partial charge in [0.05, 0.1) is 22.2 Å². The van der Waals surface area contributed by atoms with Crippen LogP contribution in [-0.2, 0) is 6.42 Å². The number of anilines is 2. The highest BCUT2D eigenvalue weighted by atomic mass is 15.2. The molecular weight excluding hydrogens is 637 g/mol. The van der Waals surface area contributed by atoms with E-state index in [4.69, 9.17) is 19.9 Å². The van der Waals surface area contributed by atoms with Gasteiger partial charge < -0.3 is 41.5 Å². The van der Waals surface area contributed by atoms with E-state index in [2.05, 4.69) is 73.7 Å². The molecule has 0 spiro atoms. The molecule has 0 amide bonds. The fourth-order valence-corrected chi connectivity index (χ4v) is 6.06. The third-order valence-corrected chi connectivity index (χ3v) is 8.80. The van der Waals surface area contributed by atoms with Crippen molar-refractivity contribution in [3.05, 3.63) is 104 Å². The molecule has 0 aliphatic carbocycles. The van der Waals surface area contributed by atoms with E-state index in [0.717, 1.165) is 94.5 Å². The van der Waals surface area contributed by atoms with E-state index in [1.165, 1.54) is 0 Å². The summed E-state index contributed by atoms with van der Waals surface area (Å²) in [5.74, 6) is 2.94. The van der Waals surface area contributed by atoms with Gasteiger partial charge in [-0.3, -0.25) is 0 Å². The van der Waals surface area contributed by atoms with Crippen molar-refractivity contribution in [1.82, 2.24) is 50.8 Å². The SMILES string of the molecule is C=CNCC(C)N(CCc1cc2c(NCCNC)nc(-c3ccccc3)nc2[nH]1)C(=C)c1cc2c(NCCNC)nc(-c3ccccc3)nc2[nH]1. The van der Waals surface area contributed by atoms with E-state index >= 15 is 0 Å². The van der Waals surface area contributed by atoms with Crippen LogP contribution in [0.25, 0.3) is 50.5 Å². The number of rotatable bonds is 19. The van der Waals surface area contributed by atoms with E-state index in [1.807, 2.05) is 74.8 Å². The molecule has 12 nitrogen and oxygen atoms in total. The van der Waals surface area contributed by atoms with Crippen LogP contribution in [0.2, 0.25) is 0 Å². The number of hydrogen-bond donors (Lipinski definition) is 7. The molecule has 6 aromatic rings. The second kappa shape index (κ2) is 16.8. The van der Waals surface area contributed by atoms with Crippen LogP contribution in [0.15, 0.2) is 92.2 Å². The maximum Gasteiger partial charge on any atom is 0.163 e. The standard InChI is InChI=1S/C39H48N12/c1-6-42-25-26(2)51(22-17-30-23-31-36(43-20-18-40-4)47-34(49-38(31)45-30)28-13-9-7-10-14-28)27(3)33-24-32-37(44-21-19-41-5)48-35(50-39(32)46-33)29-15-11-8-12-16-29/h6-16,23-24,26,40-42H,1,3,17-22,25H2,2,4-5H3,(H2,43,45,47,49)(H2,44,46,48,50). The van der Waals surface area contributed by atoms with Crippen LogP contribution in [0.5, 0.6) is 0 Å².